The van der Waals surface area contributed by atoms with Crippen molar-refractivity contribution in [3.8, 4) is 0 Å². The van der Waals surface area contributed by atoms with Crippen LogP contribution in [0.3, 0.4) is 0 Å². The highest BCUT2D eigenvalue weighted by Crippen LogP contribution is 2.31. The molecule has 0 bridgehead atoms. The Bertz CT molecular complexity index is 546. The second-order valence-electron chi connectivity index (χ2n) is 4.64. The topological polar surface area (TPSA) is 20.2 Å². The third-order valence-corrected chi connectivity index (χ3v) is 4.07. The third kappa shape index (κ3) is 3.30. The van der Waals surface area contributed by atoms with Crippen LogP contribution in [0.1, 0.15) is 22.6 Å². The summed E-state index contributed by atoms with van der Waals surface area (Å²) in [5.74, 6) is 0.0126. The van der Waals surface area contributed by atoms with Gasteiger partial charge in [-0.1, -0.05) is 53.5 Å². The van der Waals surface area contributed by atoms with Gasteiger partial charge in [0.25, 0.3) is 0 Å². The van der Waals surface area contributed by atoms with Gasteiger partial charge in [0.1, 0.15) is 0 Å². The monoisotopic (exact) mass is 294 g/mol. The Hall–Kier alpha value is -1.02. The molecule has 0 saturated heterocycles. The minimum atomic E-state index is 0.0126. The van der Waals surface area contributed by atoms with Crippen molar-refractivity contribution >= 4 is 23.2 Å². The van der Waals surface area contributed by atoms with Gasteiger partial charge in [-0.05, 0) is 42.2 Å². The van der Waals surface area contributed by atoms with E-state index < -0.39 is 0 Å². The first-order valence-electron chi connectivity index (χ1n) is 6.22. The zero-order valence-corrected chi connectivity index (χ0v) is 12.2. The summed E-state index contributed by atoms with van der Waals surface area (Å²) in [6.07, 6.45) is 0.639. The van der Waals surface area contributed by atoms with Crippen molar-refractivity contribution in [3.63, 3.8) is 0 Å². The molecule has 2 rings (SSSR count). The molecule has 0 saturated carbocycles. The predicted molar refractivity (Wildman–Crippen MR) is 81.2 cm³/mol. The SMILES string of the molecule is Cc1ccccc1C(CO)Cc1c(Cl)cccc1Cl. The number of benzene rings is 2. The van der Waals surface area contributed by atoms with E-state index >= 15 is 0 Å². The van der Waals surface area contributed by atoms with Crippen LogP contribution in [0.25, 0.3) is 0 Å². The second-order valence-corrected chi connectivity index (χ2v) is 5.45. The maximum absolute atomic E-state index is 9.66. The van der Waals surface area contributed by atoms with Gasteiger partial charge in [-0.3, -0.25) is 0 Å². The molecule has 0 aliphatic heterocycles. The first-order valence-corrected chi connectivity index (χ1v) is 6.98. The van der Waals surface area contributed by atoms with E-state index in [0.717, 1.165) is 11.1 Å². The molecule has 0 amide bonds. The lowest BCUT2D eigenvalue weighted by molar-refractivity contribution is 0.264. The molecule has 0 aromatic heterocycles. The van der Waals surface area contributed by atoms with Gasteiger partial charge in [-0.25, -0.2) is 0 Å². The van der Waals surface area contributed by atoms with Crippen molar-refractivity contribution in [1.29, 1.82) is 0 Å². The molecule has 2 aromatic carbocycles. The fraction of sp³-hybridized carbons (Fsp3) is 0.250. The second kappa shape index (κ2) is 6.42. The Balaban J connectivity index is 2.32. The van der Waals surface area contributed by atoms with Crippen LogP contribution in [0.15, 0.2) is 42.5 Å². The molecule has 0 heterocycles. The summed E-state index contributed by atoms with van der Waals surface area (Å²) < 4.78 is 0. The standard InChI is InChI=1S/C16H16Cl2O/c1-11-5-2-3-6-13(11)12(10-19)9-14-15(17)7-4-8-16(14)18/h2-8,12,19H,9-10H2,1H3. The van der Waals surface area contributed by atoms with Gasteiger partial charge in [0.05, 0.1) is 6.61 Å². The maximum atomic E-state index is 9.66. The van der Waals surface area contributed by atoms with E-state index in [4.69, 9.17) is 23.2 Å². The van der Waals surface area contributed by atoms with Gasteiger partial charge in [-0.15, -0.1) is 0 Å². The number of hydrogen-bond donors (Lipinski definition) is 1. The summed E-state index contributed by atoms with van der Waals surface area (Å²) in [6.45, 7) is 2.12. The fourth-order valence-electron chi connectivity index (χ4n) is 2.29. The van der Waals surface area contributed by atoms with Crippen LogP contribution in [0.5, 0.6) is 0 Å². The molecule has 0 fully saturated rings. The molecule has 19 heavy (non-hydrogen) atoms. The largest absolute Gasteiger partial charge is 0.396 e. The van der Waals surface area contributed by atoms with Crippen molar-refractivity contribution < 1.29 is 5.11 Å². The molecular weight excluding hydrogens is 279 g/mol. The molecule has 100 valence electrons. The van der Waals surface area contributed by atoms with E-state index in [9.17, 15) is 5.11 Å². The van der Waals surface area contributed by atoms with E-state index in [1.165, 1.54) is 5.56 Å². The molecule has 1 atom stereocenters. The van der Waals surface area contributed by atoms with E-state index in [-0.39, 0.29) is 12.5 Å². The molecule has 0 spiro atoms. The Morgan fingerprint density at radius 3 is 2.21 bits per heavy atom. The van der Waals surface area contributed by atoms with Gasteiger partial charge in [-0.2, -0.15) is 0 Å². The van der Waals surface area contributed by atoms with Crippen molar-refractivity contribution in [1.82, 2.24) is 0 Å². The van der Waals surface area contributed by atoms with Gasteiger partial charge in [0.2, 0.25) is 0 Å². The molecular formula is C16H16Cl2O. The number of rotatable bonds is 4. The summed E-state index contributed by atoms with van der Waals surface area (Å²) in [7, 11) is 0. The van der Waals surface area contributed by atoms with E-state index in [2.05, 4.69) is 0 Å². The van der Waals surface area contributed by atoms with E-state index in [1.54, 1.807) is 0 Å². The Morgan fingerprint density at radius 1 is 1.00 bits per heavy atom. The van der Waals surface area contributed by atoms with Gasteiger partial charge in [0.15, 0.2) is 0 Å². The third-order valence-electron chi connectivity index (χ3n) is 3.36. The number of aryl methyl sites for hydroxylation is 1. The zero-order chi connectivity index (χ0) is 13.8. The Kier molecular flexibility index (Phi) is 4.87. The van der Waals surface area contributed by atoms with Crippen LogP contribution in [-0.4, -0.2) is 11.7 Å². The molecule has 1 N–H and O–H groups in total. The average molecular weight is 295 g/mol. The molecule has 1 nitrogen and oxygen atoms in total. The highest BCUT2D eigenvalue weighted by molar-refractivity contribution is 6.36. The van der Waals surface area contributed by atoms with Crippen molar-refractivity contribution in [2.24, 2.45) is 0 Å². The Morgan fingerprint density at radius 2 is 1.63 bits per heavy atom. The smallest absolute Gasteiger partial charge is 0.0503 e. The highest BCUT2D eigenvalue weighted by Gasteiger charge is 2.16. The molecule has 0 aliphatic carbocycles. The summed E-state index contributed by atoms with van der Waals surface area (Å²) in [5, 5.41) is 11.0. The molecule has 0 aliphatic rings. The van der Waals surface area contributed by atoms with E-state index in [0.29, 0.717) is 16.5 Å². The normalized spacial score (nSPS) is 12.4. The minimum Gasteiger partial charge on any atom is -0.396 e. The van der Waals surface area contributed by atoms with Crippen molar-refractivity contribution in [3.05, 3.63) is 69.2 Å². The predicted octanol–water partition coefficient (Wildman–Crippen LogP) is 4.62. The van der Waals surface area contributed by atoms with Gasteiger partial charge in [0, 0.05) is 16.0 Å². The average Bonchev–Trinajstić information content (AvgIpc) is 2.40. The van der Waals surface area contributed by atoms with Crippen LogP contribution in [0, 0.1) is 6.92 Å². The minimum absolute atomic E-state index is 0.0126. The molecule has 2 aromatic rings. The van der Waals surface area contributed by atoms with Crippen LogP contribution in [-0.2, 0) is 6.42 Å². The molecule has 1 unspecified atom stereocenters. The van der Waals surface area contributed by atoms with Crippen LogP contribution in [0.2, 0.25) is 10.0 Å². The summed E-state index contributed by atoms with van der Waals surface area (Å²) in [5.41, 5.74) is 3.21. The lowest BCUT2D eigenvalue weighted by Gasteiger charge is -2.18. The van der Waals surface area contributed by atoms with Crippen molar-refractivity contribution in [2.75, 3.05) is 6.61 Å². The number of halogens is 2. The number of hydrogen-bond acceptors (Lipinski definition) is 1. The first-order chi connectivity index (χ1) is 9.13. The Labute approximate surface area is 123 Å². The van der Waals surface area contributed by atoms with Crippen molar-refractivity contribution in [2.45, 2.75) is 19.3 Å². The lowest BCUT2D eigenvalue weighted by Crippen LogP contribution is -2.10. The van der Waals surface area contributed by atoms with E-state index in [1.807, 2.05) is 49.4 Å². The summed E-state index contributed by atoms with van der Waals surface area (Å²) in [6, 6.07) is 13.6. The zero-order valence-electron chi connectivity index (χ0n) is 10.7. The molecule has 3 heteroatoms. The summed E-state index contributed by atoms with van der Waals surface area (Å²) in [4.78, 5) is 0. The molecule has 0 radical (unpaired) electrons. The maximum Gasteiger partial charge on any atom is 0.0503 e. The van der Waals surface area contributed by atoms with Gasteiger partial charge < -0.3 is 5.11 Å². The summed E-state index contributed by atoms with van der Waals surface area (Å²) >= 11 is 12.4. The number of aliphatic hydroxyl groups is 1. The lowest BCUT2D eigenvalue weighted by atomic mass is 9.90. The quantitative estimate of drug-likeness (QED) is 0.872. The van der Waals surface area contributed by atoms with Crippen LogP contribution < -0.4 is 0 Å². The van der Waals surface area contributed by atoms with Crippen LogP contribution >= 0.6 is 23.2 Å². The fourth-order valence-corrected chi connectivity index (χ4v) is 2.84. The highest BCUT2D eigenvalue weighted by atomic mass is 35.5. The number of aliphatic hydroxyl groups excluding tert-OH is 1. The van der Waals surface area contributed by atoms with Crippen LogP contribution in [0.4, 0.5) is 0 Å². The first kappa shape index (κ1) is 14.4. The van der Waals surface area contributed by atoms with Gasteiger partial charge >= 0.3 is 0 Å².